The SMILES string of the molecule is NC1CCCCC1OCCc1ccccc1[N+](=O)[O-]. The number of hydrogen-bond donors (Lipinski definition) is 1. The number of rotatable bonds is 5. The number of nitrogens with two attached hydrogens (primary N) is 1. The van der Waals surface area contributed by atoms with E-state index in [0.29, 0.717) is 13.0 Å². The number of para-hydroxylation sites is 1. The van der Waals surface area contributed by atoms with Crippen molar-refractivity contribution < 1.29 is 9.66 Å². The molecule has 2 N–H and O–H groups in total. The van der Waals surface area contributed by atoms with Gasteiger partial charge >= 0.3 is 0 Å². The summed E-state index contributed by atoms with van der Waals surface area (Å²) in [6, 6.07) is 6.91. The van der Waals surface area contributed by atoms with Gasteiger partial charge in [0.2, 0.25) is 0 Å². The van der Waals surface area contributed by atoms with Gasteiger partial charge in [0.25, 0.3) is 5.69 Å². The summed E-state index contributed by atoms with van der Waals surface area (Å²) in [5.41, 5.74) is 6.89. The smallest absolute Gasteiger partial charge is 0.272 e. The first-order valence-electron chi connectivity index (χ1n) is 6.78. The van der Waals surface area contributed by atoms with Gasteiger partial charge in [-0.1, -0.05) is 31.0 Å². The fourth-order valence-corrected chi connectivity index (χ4v) is 2.55. The van der Waals surface area contributed by atoms with Crippen LogP contribution in [-0.2, 0) is 11.2 Å². The predicted octanol–water partition coefficient (Wildman–Crippen LogP) is 2.42. The number of nitro groups is 1. The first kappa shape index (κ1) is 14.0. The van der Waals surface area contributed by atoms with Gasteiger partial charge in [-0.05, 0) is 12.8 Å². The topological polar surface area (TPSA) is 78.4 Å². The number of ether oxygens (including phenoxy) is 1. The molecule has 104 valence electrons. The predicted molar refractivity (Wildman–Crippen MR) is 73.0 cm³/mol. The number of nitrogens with zero attached hydrogens (tertiary/aromatic N) is 1. The third kappa shape index (κ3) is 3.75. The molecule has 2 unspecified atom stereocenters. The van der Waals surface area contributed by atoms with E-state index in [2.05, 4.69) is 0 Å². The van der Waals surface area contributed by atoms with Gasteiger partial charge in [-0.3, -0.25) is 10.1 Å². The van der Waals surface area contributed by atoms with Crippen molar-refractivity contribution in [3.8, 4) is 0 Å². The van der Waals surface area contributed by atoms with E-state index in [0.717, 1.165) is 24.8 Å². The van der Waals surface area contributed by atoms with E-state index in [1.165, 1.54) is 12.5 Å². The molecule has 1 aliphatic rings. The summed E-state index contributed by atoms with van der Waals surface area (Å²) >= 11 is 0. The molecular formula is C14H20N2O3. The second-order valence-corrected chi connectivity index (χ2v) is 4.99. The molecule has 2 atom stereocenters. The van der Waals surface area contributed by atoms with Crippen LogP contribution in [0.15, 0.2) is 24.3 Å². The van der Waals surface area contributed by atoms with Gasteiger partial charge in [0.05, 0.1) is 17.6 Å². The van der Waals surface area contributed by atoms with E-state index >= 15 is 0 Å². The molecule has 1 aromatic carbocycles. The van der Waals surface area contributed by atoms with Crippen molar-refractivity contribution >= 4 is 5.69 Å². The van der Waals surface area contributed by atoms with Crippen LogP contribution in [0.5, 0.6) is 0 Å². The molecule has 5 heteroatoms. The monoisotopic (exact) mass is 264 g/mol. The fourth-order valence-electron chi connectivity index (χ4n) is 2.55. The van der Waals surface area contributed by atoms with E-state index < -0.39 is 0 Å². The Morgan fingerprint density at radius 2 is 2.05 bits per heavy atom. The van der Waals surface area contributed by atoms with E-state index in [-0.39, 0.29) is 22.8 Å². The highest BCUT2D eigenvalue weighted by Crippen LogP contribution is 2.21. The van der Waals surface area contributed by atoms with Crippen LogP contribution < -0.4 is 5.73 Å². The molecule has 0 heterocycles. The lowest BCUT2D eigenvalue weighted by Gasteiger charge is -2.28. The maximum absolute atomic E-state index is 10.9. The lowest BCUT2D eigenvalue weighted by atomic mass is 9.93. The molecule has 0 amide bonds. The fraction of sp³-hybridized carbons (Fsp3) is 0.571. The molecule has 0 aromatic heterocycles. The molecule has 19 heavy (non-hydrogen) atoms. The van der Waals surface area contributed by atoms with Crippen molar-refractivity contribution in [2.45, 2.75) is 44.2 Å². The minimum atomic E-state index is -0.346. The summed E-state index contributed by atoms with van der Waals surface area (Å²) in [7, 11) is 0. The third-order valence-electron chi connectivity index (χ3n) is 3.65. The van der Waals surface area contributed by atoms with Gasteiger partial charge < -0.3 is 10.5 Å². The van der Waals surface area contributed by atoms with Crippen LogP contribution in [0, 0.1) is 10.1 Å². The maximum atomic E-state index is 10.9. The Morgan fingerprint density at radius 1 is 1.32 bits per heavy atom. The Bertz CT molecular complexity index is 436. The van der Waals surface area contributed by atoms with Crippen LogP contribution in [0.1, 0.15) is 31.2 Å². The first-order chi connectivity index (χ1) is 9.18. The van der Waals surface area contributed by atoms with E-state index in [1.807, 2.05) is 6.07 Å². The normalized spacial score (nSPS) is 23.2. The highest BCUT2D eigenvalue weighted by molar-refractivity contribution is 5.39. The zero-order valence-corrected chi connectivity index (χ0v) is 11.0. The van der Waals surface area contributed by atoms with Crippen molar-refractivity contribution in [1.82, 2.24) is 0 Å². The summed E-state index contributed by atoms with van der Waals surface area (Å²) in [5.74, 6) is 0. The van der Waals surface area contributed by atoms with Crippen LogP contribution in [0.2, 0.25) is 0 Å². The summed E-state index contributed by atoms with van der Waals surface area (Å²) in [6.45, 7) is 0.489. The average molecular weight is 264 g/mol. The van der Waals surface area contributed by atoms with Crippen molar-refractivity contribution in [3.63, 3.8) is 0 Å². The van der Waals surface area contributed by atoms with Crippen LogP contribution in [0.3, 0.4) is 0 Å². The van der Waals surface area contributed by atoms with Gasteiger partial charge in [0, 0.05) is 24.1 Å². The lowest BCUT2D eigenvalue weighted by molar-refractivity contribution is -0.385. The molecule has 1 aromatic rings. The molecule has 1 aliphatic carbocycles. The van der Waals surface area contributed by atoms with Crippen molar-refractivity contribution in [2.75, 3.05) is 6.61 Å². The highest BCUT2D eigenvalue weighted by Gasteiger charge is 2.22. The van der Waals surface area contributed by atoms with Gasteiger partial charge in [-0.25, -0.2) is 0 Å². The van der Waals surface area contributed by atoms with E-state index in [4.69, 9.17) is 10.5 Å². The Kier molecular flexibility index (Phi) is 4.87. The summed E-state index contributed by atoms with van der Waals surface area (Å²) in [4.78, 5) is 10.5. The molecule has 0 bridgehead atoms. The molecule has 5 nitrogen and oxygen atoms in total. The van der Waals surface area contributed by atoms with Gasteiger partial charge in [-0.15, -0.1) is 0 Å². The molecule has 1 fully saturated rings. The molecular weight excluding hydrogens is 244 g/mol. The lowest BCUT2D eigenvalue weighted by Crippen LogP contribution is -2.39. The second-order valence-electron chi connectivity index (χ2n) is 4.99. The first-order valence-corrected chi connectivity index (χ1v) is 6.78. The highest BCUT2D eigenvalue weighted by atomic mass is 16.6. The summed E-state index contributed by atoms with van der Waals surface area (Å²) in [5, 5.41) is 10.9. The van der Waals surface area contributed by atoms with Crippen molar-refractivity contribution in [1.29, 1.82) is 0 Å². The van der Waals surface area contributed by atoms with Crippen molar-refractivity contribution in [3.05, 3.63) is 39.9 Å². The van der Waals surface area contributed by atoms with Gasteiger partial charge in [-0.2, -0.15) is 0 Å². The number of nitro benzene ring substituents is 1. The van der Waals surface area contributed by atoms with Gasteiger partial charge in [0.1, 0.15) is 0 Å². The third-order valence-corrected chi connectivity index (χ3v) is 3.65. The molecule has 1 saturated carbocycles. The minimum absolute atomic E-state index is 0.108. The molecule has 0 saturated heterocycles. The molecule has 2 rings (SSSR count). The average Bonchev–Trinajstić information content (AvgIpc) is 2.41. The Hall–Kier alpha value is -1.46. The van der Waals surface area contributed by atoms with Crippen LogP contribution in [0.25, 0.3) is 0 Å². The maximum Gasteiger partial charge on any atom is 0.272 e. The minimum Gasteiger partial charge on any atom is -0.376 e. The largest absolute Gasteiger partial charge is 0.376 e. The zero-order chi connectivity index (χ0) is 13.7. The molecule has 0 aliphatic heterocycles. The van der Waals surface area contributed by atoms with E-state index in [1.54, 1.807) is 12.1 Å². The molecule has 0 radical (unpaired) electrons. The number of benzene rings is 1. The Morgan fingerprint density at radius 3 is 2.79 bits per heavy atom. The van der Waals surface area contributed by atoms with Crippen LogP contribution in [-0.4, -0.2) is 23.7 Å². The second kappa shape index (κ2) is 6.63. The Labute approximate surface area is 112 Å². The Balaban J connectivity index is 1.87. The van der Waals surface area contributed by atoms with Crippen LogP contribution in [0.4, 0.5) is 5.69 Å². The summed E-state index contributed by atoms with van der Waals surface area (Å²) < 4.78 is 5.79. The zero-order valence-electron chi connectivity index (χ0n) is 11.0. The van der Waals surface area contributed by atoms with Crippen molar-refractivity contribution in [2.24, 2.45) is 5.73 Å². The van der Waals surface area contributed by atoms with E-state index in [9.17, 15) is 10.1 Å². The quantitative estimate of drug-likeness (QED) is 0.654. The standard InChI is InChI=1S/C14H20N2O3/c15-12-6-2-4-8-14(12)19-10-9-11-5-1-3-7-13(11)16(17)18/h1,3,5,7,12,14H,2,4,6,8-10,15H2. The van der Waals surface area contributed by atoms with Gasteiger partial charge in [0.15, 0.2) is 0 Å². The van der Waals surface area contributed by atoms with Crippen LogP contribution >= 0.6 is 0 Å². The summed E-state index contributed by atoms with van der Waals surface area (Å²) in [6.07, 6.45) is 5.00. The number of hydrogen-bond acceptors (Lipinski definition) is 4. The molecule has 0 spiro atoms.